The van der Waals surface area contributed by atoms with Crippen LogP contribution in [-0.2, 0) is 33.7 Å². The normalized spacial score (nSPS) is 15.8. The average molecular weight is 487 g/mol. The lowest BCUT2D eigenvalue weighted by atomic mass is 10.0. The Morgan fingerprint density at radius 1 is 0.944 bits per heavy atom. The number of carbonyl (C=O) groups is 2. The Morgan fingerprint density at radius 3 is 2.22 bits per heavy atom. The van der Waals surface area contributed by atoms with Gasteiger partial charge in [0.15, 0.2) is 0 Å². The highest BCUT2D eigenvalue weighted by Gasteiger charge is 2.31. The van der Waals surface area contributed by atoms with Gasteiger partial charge in [0.1, 0.15) is 11.8 Å². The monoisotopic (exact) mass is 486 g/mol. The van der Waals surface area contributed by atoms with E-state index >= 15 is 0 Å². The molecule has 3 aromatic carbocycles. The van der Waals surface area contributed by atoms with E-state index in [0.29, 0.717) is 19.5 Å². The van der Waals surface area contributed by atoms with Crippen molar-refractivity contribution in [2.24, 2.45) is 0 Å². The quantitative estimate of drug-likeness (QED) is 0.442. The van der Waals surface area contributed by atoms with Gasteiger partial charge in [-0.3, -0.25) is 9.59 Å². The zero-order valence-corrected chi connectivity index (χ0v) is 20.8. The number of hydrogen-bond acceptors (Lipinski definition) is 4. The number of benzene rings is 3. The van der Waals surface area contributed by atoms with Crippen molar-refractivity contribution < 1.29 is 19.1 Å². The molecular formula is C30H34N2O4. The lowest BCUT2D eigenvalue weighted by Gasteiger charge is -2.32. The third kappa shape index (κ3) is 7.18. The Kier molecular flexibility index (Phi) is 9.11. The number of nitrogens with one attached hydrogen (secondary N) is 1. The highest BCUT2D eigenvalue weighted by molar-refractivity contribution is 5.88. The molecule has 0 radical (unpaired) electrons. The van der Waals surface area contributed by atoms with Gasteiger partial charge in [0.2, 0.25) is 11.8 Å². The number of nitrogens with zero attached hydrogens (tertiary/aromatic N) is 1. The summed E-state index contributed by atoms with van der Waals surface area (Å²) in [6, 6.07) is 26.5. The van der Waals surface area contributed by atoms with Gasteiger partial charge >= 0.3 is 0 Å². The van der Waals surface area contributed by atoms with E-state index in [2.05, 4.69) is 5.32 Å². The van der Waals surface area contributed by atoms with Crippen LogP contribution in [0.15, 0.2) is 84.9 Å². The van der Waals surface area contributed by atoms with Gasteiger partial charge in [0.25, 0.3) is 0 Å². The van der Waals surface area contributed by atoms with E-state index in [-0.39, 0.29) is 24.3 Å². The molecule has 1 heterocycles. The van der Waals surface area contributed by atoms with Gasteiger partial charge in [-0.25, -0.2) is 0 Å². The number of ether oxygens (including phenoxy) is 2. The molecule has 1 fully saturated rings. The van der Waals surface area contributed by atoms with Crippen molar-refractivity contribution in [3.63, 3.8) is 0 Å². The van der Waals surface area contributed by atoms with Crippen molar-refractivity contribution in [3.05, 3.63) is 102 Å². The van der Waals surface area contributed by atoms with Crippen LogP contribution >= 0.6 is 0 Å². The van der Waals surface area contributed by atoms with Crippen LogP contribution < -0.4 is 10.1 Å². The Labute approximate surface area is 213 Å². The van der Waals surface area contributed by atoms with Crippen molar-refractivity contribution in [2.75, 3.05) is 20.3 Å². The van der Waals surface area contributed by atoms with E-state index in [4.69, 9.17) is 9.47 Å². The van der Waals surface area contributed by atoms with E-state index in [9.17, 15) is 9.59 Å². The molecule has 2 atom stereocenters. The van der Waals surface area contributed by atoms with Crippen molar-refractivity contribution in [1.82, 2.24) is 10.2 Å². The molecule has 3 aromatic rings. The molecule has 0 aliphatic carbocycles. The smallest absolute Gasteiger partial charge is 0.243 e. The first-order valence-electron chi connectivity index (χ1n) is 12.5. The lowest BCUT2D eigenvalue weighted by Crippen LogP contribution is -2.52. The third-order valence-corrected chi connectivity index (χ3v) is 6.51. The van der Waals surface area contributed by atoms with E-state index in [0.717, 1.165) is 41.9 Å². The first-order valence-corrected chi connectivity index (χ1v) is 12.5. The second-order valence-corrected chi connectivity index (χ2v) is 9.12. The molecule has 36 heavy (non-hydrogen) atoms. The highest BCUT2D eigenvalue weighted by atomic mass is 16.5. The second-order valence-electron chi connectivity index (χ2n) is 9.12. The third-order valence-electron chi connectivity index (χ3n) is 6.51. The van der Waals surface area contributed by atoms with Gasteiger partial charge in [-0.1, -0.05) is 72.8 Å². The van der Waals surface area contributed by atoms with Gasteiger partial charge in [-0.15, -0.1) is 0 Å². The predicted molar refractivity (Wildman–Crippen MR) is 140 cm³/mol. The zero-order chi connectivity index (χ0) is 25.2. The summed E-state index contributed by atoms with van der Waals surface area (Å²) in [5, 5.41) is 3.07. The molecule has 6 nitrogen and oxygen atoms in total. The molecule has 1 aliphatic heterocycles. The molecule has 0 aromatic heterocycles. The van der Waals surface area contributed by atoms with Gasteiger partial charge in [0, 0.05) is 26.1 Å². The fourth-order valence-electron chi connectivity index (χ4n) is 4.49. The molecule has 0 bridgehead atoms. The van der Waals surface area contributed by atoms with Gasteiger partial charge in [-0.05, 0) is 41.7 Å². The first kappa shape index (κ1) is 25.5. The lowest BCUT2D eigenvalue weighted by molar-refractivity contribution is -0.141. The van der Waals surface area contributed by atoms with Crippen LogP contribution in [0.4, 0.5) is 0 Å². The van der Waals surface area contributed by atoms with Crippen LogP contribution in [0.5, 0.6) is 5.75 Å². The minimum atomic E-state index is -0.660. The largest absolute Gasteiger partial charge is 0.497 e. The minimum absolute atomic E-state index is 0.0291. The maximum absolute atomic E-state index is 13.7. The number of carbonyl (C=O) groups excluding carboxylic acids is 2. The molecule has 188 valence electrons. The molecule has 4 rings (SSSR count). The SMILES string of the molecule is COc1ccc(CN(C(=O)Cc2ccccc2)[C@H](Cc2ccccc2)C(=O)NC[C@@H]2CCCO2)cc1. The zero-order valence-electron chi connectivity index (χ0n) is 20.8. The number of hydrogen-bond donors (Lipinski definition) is 1. The summed E-state index contributed by atoms with van der Waals surface area (Å²) in [7, 11) is 1.62. The molecule has 2 amide bonds. The van der Waals surface area contributed by atoms with E-state index in [1.54, 1.807) is 12.0 Å². The number of methoxy groups -OCH3 is 1. The van der Waals surface area contributed by atoms with Crippen LogP contribution in [0.2, 0.25) is 0 Å². The van der Waals surface area contributed by atoms with Crippen LogP contribution in [0, 0.1) is 0 Å². The summed E-state index contributed by atoms with van der Waals surface area (Å²) in [6.45, 7) is 1.50. The van der Waals surface area contributed by atoms with E-state index in [1.165, 1.54) is 0 Å². The van der Waals surface area contributed by atoms with Gasteiger partial charge < -0.3 is 19.7 Å². The summed E-state index contributed by atoms with van der Waals surface area (Å²) < 4.78 is 11.0. The maximum atomic E-state index is 13.7. The van der Waals surface area contributed by atoms with Gasteiger partial charge in [0.05, 0.1) is 19.6 Å². The highest BCUT2D eigenvalue weighted by Crippen LogP contribution is 2.19. The summed E-state index contributed by atoms with van der Waals surface area (Å²) in [6.07, 6.45) is 2.62. The predicted octanol–water partition coefficient (Wildman–Crippen LogP) is 4.17. The fourth-order valence-corrected chi connectivity index (χ4v) is 4.49. The molecule has 0 unspecified atom stereocenters. The van der Waals surface area contributed by atoms with Crippen molar-refractivity contribution >= 4 is 11.8 Å². The molecule has 1 aliphatic rings. The summed E-state index contributed by atoms with van der Waals surface area (Å²) in [4.78, 5) is 29.1. The van der Waals surface area contributed by atoms with E-state index < -0.39 is 6.04 Å². The molecule has 0 spiro atoms. The first-order chi connectivity index (χ1) is 17.6. The molecule has 1 saturated heterocycles. The van der Waals surface area contributed by atoms with Gasteiger partial charge in [-0.2, -0.15) is 0 Å². The van der Waals surface area contributed by atoms with Crippen LogP contribution in [-0.4, -0.2) is 49.1 Å². The molecule has 1 N–H and O–H groups in total. The summed E-state index contributed by atoms with van der Waals surface area (Å²) >= 11 is 0. The molecular weight excluding hydrogens is 452 g/mol. The van der Waals surface area contributed by atoms with Crippen molar-refractivity contribution in [2.45, 2.75) is 44.4 Å². The summed E-state index contributed by atoms with van der Waals surface area (Å²) in [5.41, 5.74) is 2.85. The van der Waals surface area contributed by atoms with Crippen LogP contribution in [0.25, 0.3) is 0 Å². The number of rotatable bonds is 11. The Balaban J connectivity index is 1.61. The maximum Gasteiger partial charge on any atom is 0.243 e. The minimum Gasteiger partial charge on any atom is -0.497 e. The standard InChI is InChI=1S/C30H34N2O4/c1-35-26-16-14-25(15-17-26)22-32(29(33)20-24-11-6-3-7-12-24)28(19-23-9-4-2-5-10-23)30(34)31-21-27-13-8-18-36-27/h2-7,9-12,14-17,27-28H,8,13,18-22H2,1H3,(H,31,34)/t27-,28+/m0/s1. The van der Waals surface area contributed by atoms with Crippen LogP contribution in [0.3, 0.4) is 0 Å². The van der Waals surface area contributed by atoms with E-state index in [1.807, 2.05) is 84.9 Å². The second kappa shape index (κ2) is 12.9. The fraction of sp³-hybridized carbons (Fsp3) is 0.333. The molecule has 0 saturated carbocycles. The Hall–Kier alpha value is -3.64. The van der Waals surface area contributed by atoms with Crippen molar-refractivity contribution in [3.8, 4) is 5.75 Å². The summed E-state index contributed by atoms with van der Waals surface area (Å²) in [5.74, 6) is 0.491. The van der Waals surface area contributed by atoms with Crippen LogP contribution in [0.1, 0.15) is 29.5 Å². The Morgan fingerprint density at radius 2 is 1.61 bits per heavy atom. The molecule has 6 heteroatoms. The Bertz CT molecular complexity index is 1100. The average Bonchev–Trinajstić information content (AvgIpc) is 3.44. The topological polar surface area (TPSA) is 67.9 Å². The van der Waals surface area contributed by atoms with Crippen molar-refractivity contribution in [1.29, 1.82) is 0 Å². The number of amides is 2.